The van der Waals surface area contributed by atoms with Crippen molar-refractivity contribution in [3.8, 4) is 5.75 Å². The van der Waals surface area contributed by atoms with Gasteiger partial charge in [0.2, 0.25) is 0 Å². The number of anilines is 1. The first-order chi connectivity index (χ1) is 12.8. The van der Waals surface area contributed by atoms with Crippen LogP contribution in [0.1, 0.15) is 10.4 Å². The first kappa shape index (κ1) is 22.3. The van der Waals surface area contributed by atoms with Gasteiger partial charge in [-0.2, -0.15) is 0 Å². The van der Waals surface area contributed by atoms with Crippen LogP contribution in [0.2, 0.25) is 0 Å². The van der Waals surface area contributed by atoms with Crippen molar-refractivity contribution in [1.82, 2.24) is 0 Å². The van der Waals surface area contributed by atoms with Crippen LogP contribution >= 0.6 is 0 Å². The smallest absolute Gasteiger partial charge is 0.150 e. The second-order valence-electron chi connectivity index (χ2n) is 5.15. The summed E-state index contributed by atoms with van der Waals surface area (Å²) in [7, 11) is 1.79. The molecule has 0 fully saturated rings. The molecule has 0 aliphatic carbocycles. The summed E-state index contributed by atoms with van der Waals surface area (Å²) in [5, 5.41) is 11.5. The number of benzene rings is 1. The average Bonchev–Trinajstić information content (AvgIpc) is 2.68. The van der Waals surface area contributed by atoms with Crippen molar-refractivity contribution in [3.05, 3.63) is 23.8 Å². The highest BCUT2D eigenvalue weighted by molar-refractivity contribution is 5.78. The van der Waals surface area contributed by atoms with E-state index in [1.807, 2.05) is 0 Å². The van der Waals surface area contributed by atoms with Gasteiger partial charge in [0.05, 0.1) is 65.1 Å². The summed E-state index contributed by atoms with van der Waals surface area (Å²) < 4.78 is 26.8. The summed E-state index contributed by atoms with van der Waals surface area (Å²) in [6, 6.07) is 5.22. The molecular formula is C18H29NO7. The van der Waals surface area contributed by atoms with Crippen molar-refractivity contribution in [1.29, 1.82) is 0 Å². The highest BCUT2D eigenvalue weighted by Crippen LogP contribution is 2.24. The van der Waals surface area contributed by atoms with E-state index in [2.05, 4.69) is 5.32 Å². The van der Waals surface area contributed by atoms with Gasteiger partial charge >= 0.3 is 0 Å². The van der Waals surface area contributed by atoms with Gasteiger partial charge in [-0.05, 0) is 18.2 Å². The van der Waals surface area contributed by atoms with Crippen LogP contribution in [0.25, 0.3) is 0 Å². The minimum absolute atomic E-state index is 0.0237. The Morgan fingerprint density at radius 3 is 1.92 bits per heavy atom. The van der Waals surface area contributed by atoms with Crippen molar-refractivity contribution >= 4 is 12.0 Å². The first-order valence-electron chi connectivity index (χ1n) is 8.63. The predicted octanol–water partition coefficient (Wildman–Crippen LogP) is 0.978. The molecule has 0 spiro atoms. The van der Waals surface area contributed by atoms with E-state index in [1.54, 1.807) is 25.2 Å². The van der Waals surface area contributed by atoms with Crippen LogP contribution in [0.3, 0.4) is 0 Å². The van der Waals surface area contributed by atoms with E-state index < -0.39 is 0 Å². The number of carbonyl (C=O) groups excluding carboxylic acids is 1. The summed E-state index contributed by atoms with van der Waals surface area (Å²) in [5.41, 5.74) is 1.39. The lowest BCUT2D eigenvalue weighted by Gasteiger charge is -2.12. The fourth-order valence-electron chi connectivity index (χ4n) is 1.98. The molecule has 0 heterocycles. The molecule has 0 amide bonds. The lowest BCUT2D eigenvalue weighted by Crippen LogP contribution is -2.14. The third-order valence-electron chi connectivity index (χ3n) is 3.25. The maximum Gasteiger partial charge on any atom is 0.150 e. The monoisotopic (exact) mass is 371 g/mol. The maximum absolute atomic E-state index is 10.8. The van der Waals surface area contributed by atoms with Crippen LogP contribution < -0.4 is 10.1 Å². The van der Waals surface area contributed by atoms with Crippen LogP contribution in [-0.4, -0.2) is 84.5 Å². The highest BCUT2D eigenvalue weighted by atomic mass is 16.6. The maximum atomic E-state index is 10.8. The zero-order valence-electron chi connectivity index (χ0n) is 15.3. The van der Waals surface area contributed by atoms with Crippen molar-refractivity contribution < 1.29 is 33.6 Å². The zero-order valence-corrected chi connectivity index (χ0v) is 15.3. The fourth-order valence-corrected chi connectivity index (χ4v) is 1.98. The molecule has 0 aliphatic heterocycles. The number of rotatable bonds is 17. The van der Waals surface area contributed by atoms with Gasteiger partial charge in [-0.3, -0.25) is 4.79 Å². The number of aliphatic hydroxyl groups excluding tert-OH is 1. The van der Waals surface area contributed by atoms with E-state index >= 15 is 0 Å². The molecule has 0 saturated carbocycles. The SMILES string of the molecule is CNc1ccc(C=O)cc1OCCOCCOCCOCCOCCO. The molecular weight excluding hydrogens is 342 g/mol. The topological polar surface area (TPSA) is 95.5 Å². The normalized spacial score (nSPS) is 10.7. The number of hydrogen-bond acceptors (Lipinski definition) is 8. The van der Waals surface area contributed by atoms with Gasteiger partial charge in [-0.1, -0.05) is 0 Å². The molecule has 0 aromatic heterocycles. The quantitative estimate of drug-likeness (QED) is 0.309. The summed E-state index contributed by atoms with van der Waals surface area (Å²) in [4.78, 5) is 10.8. The lowest BCUT2D eigenvalue weighted by molar-refractivity contribution is -0.00777. The van der Waals surface area contributed by atoms with Crippen molar-refractivity contribution in [2.45, 2.75) is 0 Å². The molecule has 1 rings (SSSR count). The molecule has 148 valence electrons. The molecule has 26 heavy (non-hydrogen) atoms. The second-order valence-corrected chi connectivity index (χ2v) is 5.15. The minimum atomic E-state index is 0.0237. The molecule has 2 N–H and O–H groups in total. The van der Waals surface area contributed by atoms with Gasteiger partial charge in [-0.15, -0.1) is 0 Å². The number of carbonyl (C=O) groups is 1. The number of aldehydes is 1. The van der Waals surface area contributed by atoms with Crippen LogP contribution in [0.4, 0.5) is 5.69 Å². The fraction of sp³-hybridized carbons (Fsp3) is 0.611. The Kier molecular flexibility index (Phi) is 13.3. The molecule has 0 saturated heterocycles. The van der Waals surface area contributed by atoms with Crippen LogP contribution in [-0.2, 0) is 18.9 Å². The molecule has 0 radical (unpaired) electrons. The standard InChI is InChI=1S/C18H29NO7/c1-19-17-3-2-16(15-21)14-18(17)26-13-12-25-11-10-24-9-8-23-7-6-22-5-4-20/h2-3,14-15,19-20H,4-13H2,1H3. The third-order valence-corrected chi connectivity index (χ3v) is 3.25. The lowest BCUT2D eigenvalue weighted by atomic mass is 10.2. The van der Waals surface area contributed by atoms with Crippen molar-refractivity contribution in [2.75, 3.05) is 78.4 Å². The average molecular weight is 371 g/mol. The molecule has 1 aromatic carbocycles. The number of hydrogen-bond donors (Lipinski definition) is 2. The molecule has 1 aromatic rings. The van der Waals surface area contributed by atoms with Gasteiger partial charge < -0.3 is 34.1 Å². The predicted molar refractivity (Wildman–Crippen MR) is 97.2 cm³/mol. The molecule has 0 atom stereocenters. The van der Waals surface area contributed by atoms with Crippen LogP contribution in [0, 0.1) is 0 Å². The van der Waals surface area contributed by atoms with Gasteiger partial charge in [0.15, 0.2) is 0 Å². The minimum Gasteiger partial charge on any atom is -0.489 e. The highest BCUT2D eigenvalue weighted by Gasteiger charge is 2.03. The molecule has 0 aliphatic rings. The van der Waals surface area contributed by atoms with Crippen molar-refractivity contribution in [3.63, 3.8) is 0 Å². The Labute approximate surface area is 154 Å². The van der Waals surface area contributed by atoms with E-state index in [4.69, 9.17) is 28.8 Å². The van der Waals surface area contributed by atoms with E-state index in [9.17, 15) is 4.79 Å². The van der Waals surface area contributed by atoms with Gasteiger partial charge in [0.1, 0.15) is 18.6 Å². The van der Waals surface area contributed by atoms with Gasteiger partial charge in [0.25, 0.3) is 0 Å². The number of aliphatic hydroxyl groups is 1. The third kappa shape index (κ3) is 10.3. The van der Waals surface area contributed by atoms with Crippen molar-refractivity contribution in [2.24, 2.45) is 0 Å². The molecule has 0 unspecified atom stereocenters. The molecule has 8 heteroatoms. The van der Waals surface area contributed by atoms with Gasteiger partial charge in [0, 0.05) is 12.6 Å². The second kappa shape index (κ2) is 15.5. The summed E-state index contributed by atoms with van der Waals surface area (Å²) in [5.74, 6) is 0.622. The zero-order chi connectivity index (χ0) is 18.9. The first-order valence-corrected chi connectivity index (χ1v) is 8.63. The number of nitrogens with one attached hydrogen (secondary N) is 1. The Hall–Kier alpha value is -1.71. The molecule has 8 nitrogen and oxygen atoms in total. The van der Waals surface area contributed by atoms with E-state index in [-0.39, 0.29) is 6.61 Å². The van der Waals surface area contributed by atoms with Gasteiger partial charge in [-0.25, -0.2) is 0 Å². The van der Waals surface area contributed by atoms with E-state index in [0.717, 1.165) is 12.0 Å². The Morgan fingerprint density at radius 1 is 0.885 bits per heavy atom. The Bertz CT molecular complexity index is 485. The Morgan fingerprint density at radius 2 is 1.42 bits per heavy atom. The number of ether oxygens (including phenoxy) is 5. The van der Waals surface area contributed by atoms with E-state index in [1.165, 1.54) is 0 Å². The summed E-state index contributed by atoms with van der Waals surface area (Å²) >= 11 is 0. The largest absolute Gasteiger partial charge is 0.489 e. The van der Waals surface area contributed by atoms with E-state index in [0.29, 0.717) is 70.8 Å². The summed E-state index contributed by atoms with van der Waals surface area (Å²) in [6.45, 7) is 4.05. The summed E-state index contributed by atoms with van der Waals surface area (Å²) in [6.07, 6.45) is 0.784. The van der Waals surface area contributed by atoms with Crippen LogP contribution in [0.5, 0.6) is 5.75 Å². The Balaban J connectivity index is 1.96. The molecule has 0 bridgehead atoms. The van der Waals surface area contributed by atoms with Crippen LogP contribution in [0.15, 0.2) is 18.2 Å².